The molecule has 0 atom stereocenters. The molecule has 2 aliphatic rings. The SMILES string of the molecule is O=C(c1ccc(F)cc1F)N1CCC(C(=O)N2CCC2)CC1. The first-order valence-corrected chi connectivity index (χ1v) is 7.59. The normalized spacial score (nSPS) is 19.0. The van der Waals surface area contributed by atoms with Crippen molar-refractivity contribution in [3.8, 4) is 0 Å². The molecule has 0 aromatic heterocycles. The van der Waals surface area contributed by atoms with Crippen molar-refractivity contribution >= 4 is 11.8 Å². The second kappa shape index (κ2) is 6.02. The second-order valence-corrected chi connectivity index (χ2v) is 5.87. The highest BCUT2D eigenvalue weighted by atomic mass is 19.1. The molecule has 4 nitrogen and oxygen atoms in total. The predicted molar refractivity (Wildman–Crippen MR) is 76.2 cm³/mol. The van der Waals surface area contributed by atoms with Gasteiger partial charge in [0.15, 0.2) is 0 Å². The summed E-state index contributed by atoms with van der Waals surface area (Å²) >= 11 is 0. The highest BCUT2D eigenvalue weighted by molar-refractivity contribution is 5.94. The minimum atomic E-state index is -0.844. The van der Waals surface area contributed by atoms with E-state index in [2.05, 4.69) is 0 Å². The Kier molecular flexibility index (Phi) is 4.09. The Labute approximate surface area is 127 Å². The van der Waals surface area contributed by atoms with Crippen molar-refractivity contribution in [2.24, 2.45) is 5.92 Å². The van der Waals surface area contributed by atoms with E-state index in [1.165, 1.54) is 11.0 Å². The molecule has 6 heteroatoms. The van der Waals surface area contributed by atoms with Gasteiger partial charge in [0.25, 0.3) is 5.91 Å². The summed E-state index contributed by atoms with van der Waals surface area (Å²) < 4.78 is 26.6. The Balaban J connectivity index is 1.60. The van der Waals surface area contributed by atoms with Crippen LogP contribution >= 0.6 is 0 Å². The molecule has 0 aliphatic carbocycles. The highest BCUT2D eigenvalue weighted by Crippen LogP contribution is 2.24. The summed E-state index contributed by atoms with van der Waals surface area (Å²) in [5.74, 6) is -1.85. The standard InChI is InChI=1S/C16H18F2N2O2/c17-12-2-3-13(14(18)10-12)16(22)20-8-4-11(5-9-20)15(21)19-6-1-7-19/h2-3,10-11H,1,4-9H2. The summed E-state index contributed by atoms with van der Waals surface area (Å²) in [5.41, 5.74) is -0.117. The number of hydrogen-bond acceptors (Lipinski definition) is 2. The summed E-state index contributed by atoms with van der Waals surface area (Å²) in [5, 5.41) is 0. The van der Waals surface area contributed by atoms with E-state index in [1.807, 2.05) is 4.90 Å². The third-order valence-electron chi connectivity index (χ3n) is 4.46. The van der Waals surface area contributed by atoms with Crippen molar-refractivity contribution < 1.29 is 18.4 Å². The minimum absolute atomic E-state index is 0.0394. The summed E-state index contributed by atoms with van der Waals surface area (Å²) in [6, 6.07) is 2.97. The molecule has 2 heterocycles. The van der Waals surface area contributed by atoms with Crippen LogP contribution in [0.4, 0.5) is 8.78 Å². The number of hydrogen-bond donors (Lipinski definition) is 0. The Bertz CT molecular complexity index is 594. The van der Waals surface area contributed by atoms with Crippen LogP contribution in [0.25, 0.3) is 0 Å². The molecular weight excluding hydrogens is 290 g/mol. The summed E-state index contributed by atoms with van der Waals surface area (Å²) in [6.07, 6.45) is 2.26. The van der Waals surface area contributed by atoms with Crippen molar-refractivity contribution in [2.45, 2.75) is 19.3 Å². The van der Waals surface area contributed by atoms with Gasteiger partial charge < -0.3 is 9.80 Å². The fraction of sp³-hybridized carbons (Fsp3) is 0.500. The van der Waals surface area contributed by atoms with Gasteiger partial charge in [-0.05, 0) is 31.4 Å². The van der Waals surface area contributed by atoms with Gasteiger partial charge in [0.05, 0.1) is 5.56 Å². The molecule has 0 radical (unpaired) electrons. The maximum atomic E-state index is 13.7. The number of piperidine rings is 1. The predicted octanol–water partition coefficient (Wildman–Crippen LogP) is 2.05. The first-order valence-electron chi connectivity index (χ1n) is 7.59. The molecule has 3 rings (SSSR count). The fourth-order valence-corrected chi connectivity index (χ4v) is 2.96. The van der Waals surface area contributed by atoms with Gasteiger partial charge in [0, 0.05) is 38.2 Å². The number of nitrogens with zero attached hydrogens (tertiary/aromatic N) is 2. The van der Waals surface area contributed by atoms with Gasteiger partial charge in [-0.15, -0.1) is 0 Å². The number of likely N-dealkylation sites (tertiary alicyclic amines) is 2. The molecular formula is C16H18F2N2O2. The van der Waals surface area contributed by atoms with E-state index in [1.54, 1.807) is 0 Å². The molecule has 0 N–H and O–H groups in total. The summed E-state index contributed by atoms with van der Waals surface area (Å²) in [7, 11) is 0. The van der Waals surface area contributed by atoms with Crippen LogP contribution in [0.5, 0.6) is 0 Å². The smallest absolute Gasteiger partial charge is 0.256 e. The lowest BCUT2D eigenvalue weighted by atomic mass is 9.93. The molecule has 2 fully saturated rings. The number of benzene rings is 1. The van der Waals surface area contributed by atoms with Crippen LogP contribution in [0.3, 0.4) is 0 Å². The van der Waals surface area contributed by atoms with E-state index in [-0.39, 0.29) is 17.4 Å². The number of carbonyl (C=O) groups is 2. The number of halogens is 2. The van der Waals surface area contributed by atoms with E-state index >= 15 is 0 Å². The molecule has 0 saturated carbocycles. The average Bonchev–Trinajstić information content (AvgIpc) is 2.45. The average molecular weight is 308 g/mol. The minimum Gasteiger partial charge on any atom is -0.342 e. The Hall–Kier alpha value is -1.98. The van der Waals surface area contributed by atoms with Crippen LogP contribution in [0.15, 0.2) is 18.2 Å². The molecule has 22 heavy (non-hydrogen) atoms. The lowest BCUT2D eigenvalue weighted by Crippen LogP contribution is -2.48. The van der Waals surface area contributed by atoms with Crippen LogP contribution in [0.1, 0.15) is 29.6 Å². The van der Waals surface area contributed by atoms with Crippen LogP contribution in [0.2, 0.25) is 0 Å². The van der Waals surface area contributed by atoms with Gasteiger partial charge >= 0.3 is 0 Å². The zero-order valence-corrected chi connectivity index (χ0v) is 12.2. The topological polar surface area (TPSA) is 40.6 Å². The summed E-state index contributed by atoms with van der Waals surface area (Å²) in [4.78, 5) is 27.8. The van der Waals surface area contributed by atoms with E-state index in [0.717, 1.165) is 25.6 Å². The van der Waals surface area contributed by atoms with E-state index in [4.69, 9.17) is 0 Å². The molecule has 2 amide bonds. The molecule has 0 unspecified atom stereocenters. The lowest BCUT2D eigenvalue weighted by molar-refractivity contribution is -0.140. The highest BCUT2D eigenvalue weighted by Gasteiger charge is 2.32. The number of amides is 2. The molecule has 2 saturated heterocycles. The van der Waals surface area contributed by atoms with Crippen LogP contribution < -0.4 is 0 Å². The quantitative estimate of drug-likeness (QED) is 0.839. The Morgan fingerprint density at radius 1 is 1.00 bits per heavy atom. The maximum absolute atomic E-state index is 13.7. The second-order valence-electron chi connectivity index (χ2n) is 5.87. The van der Waals surface area contributed by atoms with Crippen molar-refractivity contribution in [1.82, 2.24) is 9.80 Å². The third-order valence-corrected chi connectivity index (χ3v) is 4.46. The largest absolute Gasteiger partial charge is 0.342 e. The van der Waals surface area contributed by atoms with E-state index < -0.39 is 17.5 Å². The zero-order chi connectivity index (χ0) is 15.7. The van der Waals surface area contributed by atoms with Crippen molar-refractivity contribution in [3.05, 3.63) is 35.4 Å². The van der Waals surface area contributed by atoms with Crippen LogP contribution in [0, 0.1) is 17.6 Å². The monoisotopic (exact) mass is 308 g/mol. The van der Waals surface area contributed by atoms with E-state index in [0.29, 0.717) is 32.0 Å². The van der Waals surface area contributed by atoms with Crippen LogP contribution in [-0.2, 0) is 4.79 Å². The van der Waals surface area contributed by atoms with Gasteiger partial charge in [-0.3, -0.25) is 9.59 Å². The first-order chi connectivity index (χ1) is 10.6. The van der Waals surface area contributed by atoms with Crippen molar-refractivity contribution in [2.75, 3.05) is 26.2 Å². The Morgan fingerprint density at radius 2 is 1.68 bits per heavy atom. The van der Waals surface area contributed by atoms with Gasteiger partial charge in [0.1, 0.15) is 11.6 Å². The molecule has 2 aliphatic heterocycles. The molecule has 1 aromatic rings. The molecule has 0 bridgehead atoms. The van der Waals surface area contributed by atoms with Gasteiger partial charge in [-0.25, -0.2) is 8.78 Å². The van der Waals surface area contributed by atoms with Crippen LogP contribution in [-0.4, -0.2) is 47.8 Å². The van der Waals surface area contributed by atoms with E-state index in [9.17, 15) is 18.4 Å². The molecule has 1 aromatic carbocycles. The number of carbonyl (C=O) groups excluding carboxylic acids is 2. The molecule has 0 spiro atoms. The zero-order valence-electron chi connectivity index (χ0n) is 12.2. The van der Waals surface area contributed by atoms with Gasteiger partial charge in [0.2, 0.25) is 5.91 Å². The van der Waals surface area contributed by atoms with Crippen molar-refractivity contribution in [1.29, 1.82) is 0 Å². The van der Waals surface area contributed by atoms with Gasteiger partial charge in [-0.1, -0.05) is 0 Å². The van der Waals surface area contributed by atoms with Gasteiger partial charge in [-0.2, -0.15) is 0 Å². The lowest BCUT2D eigenvalue weighted by Gasteiger charge is -2.37. The fourth-order valence-electron chi connectivity index (χ4n) is 2.96. The first kappa shape index (κ1) is 14.9. The molecule has 118 valence electrons. The third kappa shape index (κ3) is 2.82. The van der Waals surface area contributed by atoms with Crippen molar-refractivity contribution in [3.63, 3.8) is 0 Å². The Morgan fingerprint density at radius 3 is 2.23 bits per heavy atom. The number of rotatable bonds is 2. The summed E-state index contributed by atoms with van der Waals surface area (Å²) in [6.45, 7) is 2.53. The maximum Gasteiger partial charge on any atom is 0.256 e.